The van der Waals surface area contributed by atoms with E-state index >= 15 is 0 Å². The Hall–Kier alpha value is -2.67. The first-order chi connectivity index (χ1) is 12.3. The first-order valence-electron chi connectivity index (χ1n) is 8.11. The molecule has 2 aromatic heterocycles. The summed E-state index contributed by atoms with van der Waals surface area (Å²) in [4.78, 5) is 4.46. The summed E-state index contributed by atoms with van der Waals surface area (Å²) >= 11 is 0. The number of ether oxygens (including phenoxy) is 1. The number of hydrogen-bond acceptors (Lipinski definition) is 5. The molecule has 0 fully saturated rings. The number of methoxy groups -OCH3 is 1. The highest BCUT2D eigenvalue weighted by Crippen LogP contribution is 2.30. The van der Waals surface area contributed by atoms with E-state index < -0.39 is 9.84 Å². The summed E-state index contributed by atoms with van der Waals surface area (Å²) in [7, 11) is -1.47. The number of benzene rings is 1. The third-order valence-electron chi connectivity index (χ3n) is 3.97. The topological polar surface area (TPSA) is 74.1 Å². The number of nitrogens with zero attached hydrogens (tertiary/aromatic N) is 3. The highest BCUT2D eigenvalue weighted by molar-refractivity contribution is 7.89. The Morgan fingerprint density at radius 1 is 1.12 bits per heavy atom. The Labute approximate surface area is 153 Å². The smallest absolute Gasteiger partial charge is 0.151 e. The van der Waals surface area contributed by atoms with Crippen molar-refractivity contribution in [3.63, 3.8) is 0 Å². The van der Waals surface area contributed by atoms with Gasteiger partial charge in [-0.2, -0.15) is 5.10 Å². The van der Waals surface area contributed by atoms with E-state index in [9.17, 15) is 8.42 Å². The van der Waals surface area contributed by atoms with Crippen LogP contribution in [0.25, 0.3) is 16.9 Å². The van der Waals surface area contributed by atoms with Gasteiger partial charge in [0.1, 0.15) is 5.75 Å². The average Bonchev–Trinajstić information content (AvgIpc) is 2.92. The molecular weight excluding hydrogens is 350 g/mol. The first-order valence-corrected chi connectivity index (χ1v) is 10.2. The number of aryl methyl sites for hydroxylation is 2. The predicted octanol–water partition coefficient (Wildman–Crippen LogP) is 3.10. The van der Waals surface area contributed by atoms with Crippen LogP contribution < -0.4 is 4.74 Å². The van der Waals surface area contributed by atoms with Crippen LogP contribution in [0, 0.1) is 13.8 Å². The zero-order chi connectivity index (χ0) is 18.9. The third-order valence-corrected chi connectivity index (χ3v) is 4.83. The molecule has 0 amide bonds. The molecule has 136 valence electrons. The van der Waals surface area contributed by atoms with Crippen molar-refractivity contribution >= 4 is 9.84 Å². The van der Waals surface area contributed by atoms with Crippen molar-refractivity contribution in [3.05, 3.63) is 59.5 Å². The standard InChI is InChI=1S/C19H21N3O3S/c1-13-9-14(2)22(21-13)19-10-16(25-3)6-7-17(19)18-8-5-15(11-20-18)12-26(4,23)24/h5-11H,12H2,1-4H3. The van der Waals surface area contributed by atoms with Crippen LogP contribution in [0.1, 0.15) is 17.0 Å². The minimum Gasteiger partial charge on any atom is -0.497 e. The van der Waals surface area contributed by atoms with Crippen molar-refractivity contribution in [2.75, 3.05) is 13.4 Å². The van der Waals surface area contributed by atoms with Crippen LogP contribution in [-0.4, -0.2) is 36.5 Å². The molecule has 0 atom stereocenters. The van der Waals surface area contributed by atoms with Gasteiger partial charge in [-0.05, 0) is 43.7 Å². The minimum atomic E-state index is -3.09. The summed E-state index contributed by atoms with van der Waals surface area (Å²) in [5.41, 5.74) is 5.09. The molecule has 3 aromatic rings. The predicted molar refractivity (Wildman–Crippen MR) is 101 cm³/mol. The normalized spacial score (nSPS) is 11.5. The first kappa shape index (κ1) is 18.1. The van der Waals surface area contributed by atoms with Gasteiger partial charge in [0.2, 0.25) is 0 Å². The molecule has 0 N–H and O–H groups in total. The lowest BCUT2D eigenvalue weighted by Crippen LogP contribution is -2.04. The van der Waals surface area contributed by atoms with Crippen LogP contribution in [0.15, 0.2) is 42.6 Å². The SMILES string of the molecule is COc1ccc(-c2ccc(CS(C)(=O)=O)cn2)c(-n2nc(C)cc2C)c1. The Morgan fingerprint density at radius 3 is 2.42 bits per heavy atom. The maximum atomic E-state index is 11.5. The van der Waals surface area contributed by atoms with Gasteiger partial charge in [-0.15, -0.1) is 0 Å². The molecule has 0 aliphatic rings. The fourth-order valence-corrected chi connectivity index (χ4v) is 3.65. The maximum absolute atomic E-state index is 11.5. The van der Waals surface area contributed by atoms with Gasteiger partial charge in [-0.3, -0.25) is 4.98 Å². The summed E-state index contributed by atoms with van der Waals surface area (Å²) in [6, 6.07) is 11.3. The lowest BCUT2D eigenvalue weighted by Gasteiger charge is -2.13. The van der Waals surface area contributed by atoms with Crippen LogP contribution in [0.2, 0.25) is 0 Å². The van der Waals surface area contributed by atoms with Gasteiger partial charge < -0.3 is 4.74 Å². The highest BCUT2D eigenvalue weighted by Gasteiger charge is 2.14. The second-order valence-electron chi connectivity index (χ2n) is 6.34. The quantitative estimate of drug-likeness (QED) is 0.689. The van der Waals surface area contributed by atoms with E-state index in [0.29, 0.717) is 5.56 Å². The molecule has 0 unspecified atom stereocenters. The zero-order valence-corrected chi connectivity index (χ0v) is 16.0. The van der Waals surface area contributed by atoms with Crippen molar-refractivity contribution < 1.29 is 13.2 Å². The number of aromatic nitrogens is 3. The van der Waals surface area contributed by atoms with Crippen LogP contribution in [0.4, 0.5) is 0 Å². The summed E-state index contributed by atoms with van der Waals surface area (Å²) < 4.78 is 30.1. The zero-order valence-electron chi connectivity index (χ0n) is 15.2. The van der Waals surface area contributed by atoms with Crippen LogP contribution in [0.3, 0.4) is 0 Å². The van der Waals surface area contributed by atoms with E-state index in [1.807, 2.05) is 48.9 Å². The molecular formula is C19H21N3O3S. The van der Waals surface area contributed by atoms with Crippen LogP contribution in [-0.2, 0) is 15.6 Å². The lowest BCUT2D eigenvalue weighted by molar-refractivity contribution is 0.414. The number of rotatable bonds is 5. The summed E-state index contributed by atoms with van der Waals surface area (Å²) in [5, 5.41) is 4.56. The van der Waals surface area contributed by atoms with Gasteiger partial charge in [-0.25, -0.2) is 13.1 Å². The molecule has 1 aromatic carbocycles. The van der Waals surface area contributed by atoms with Crippen LogP contribution in [0.5, 0.6) is 5.75 Å². The van der Waals surface area contributed by atoms with E-state index in [-0.39, 0.29) is 5.75 Å². The average molecular weight is 371 g/mol. The Morgan fingerprint density at radius 2 is 1.88 bits per heavy atom. The number of sulfone groups is 1. The minimum absolute atomic E-state index is 0.0206. The fraction of sp³-hybridized carbons (Fsp3) is 0.263. The molecule has 2 heterocycles. The van der Waals surface area contributed by atoms with E-state index in [0.717, 1.165) is 34.1 Å². The second-order valence-corrected chi connectivity index (χ2v) is 8.48. The van der Waals surface area contributed by atoms with Gasteiger partial charge in [0.05, 0.1) is 29.9 Å². The second kappa shape index (κ2) is 6.92. The maximum Gasteiger partial charge on any atom is 0.151 e. The monoisotopic (exact) mass is 371 g/mol. The Kier molecular flexibility index (Phi) is 4.82. The molecule has 0 radical (unpaired) electrons. The molecule has 6 nitrogen and oxygen atoms in total. The molecule has 0 saturated heterocycles. The molecule has 0 aliphatic heterocycles. The third kappa shape index (κ3) is 3.94. The van der Waals surface area contributed by atoms with E-state index in [1.54, 1.807) is 19.4 Å². The molecule has 0 spiro atoms. The molecule has 7 heteroatoms. The lowest BCUT2D eigenvalue weighted by atomic mass is 10.1. The fourth-order valence-electron chi connectivity index (χ4n) is 2.87. The molecule has 3 rings (SSSR count). The van der Waals surface area contributed by atoms with Crippen LogP contribution >= 0.6 is 0 Å². The van der Waals surface area contributed by atoms with Gasteiger partial charge in [-0.1, -0.05) is 6.07 Å². The van der Waals surface area contributed by atoms with Crippen molar-refractivity contribution in [2.45, 2.75) is 19.6 Å². The molecule has 0 bridgehead atoms. The van der Waals surface area contributed by atoms with E-state index in [4.69, 9.17) is 4.74 Å². The largest absolute Gasteiger partial charge is 0.497 e. The summed E-state index contributed by atoms with van der Waals surface area (Å²) in [5.74, 6) is 0.706. The molecule has 0 aliphatic carbocycles. The van der Waals surface area contributed by atoms with Crippen molar-refractivity contribution in [3.8, 4) is 22.7 Å². The van der Waals surface area contributed by atoms with Gasteiger partial charge >= 0.3 is 0 Å². The molecule has 26 heavy (non-hydrogen) atoms. The Balaban J connectivity index is 2.09. The number of pyridine rings is 1. The highest BCUT2D eigenvalue weighted by atomic mass is 32.2. The summed E-state index contributed by atoms with van der Waals surface area (Å²) in [6.45, 7) is 3.94. The van der Waals surface area contributed by atoms with Gasteiger partial charge in [0.15, 0.2) is 9.84 Å². The van der Waals surface area contributed by atoms with Crippen molar-refractivity contribution in [1.29, 1.82) is 0 Å². The van der Waals surface area contributed by atoms with Gasteiger partial charge in [0, 0.05) is 29.8 Å². The van der Waals surface area contributed by atoms with Gasteiger partial charge in [0.25, 0.3) is 0 Å². The Bertz CT molecular complexity index is 1040. The van der Waals surface area contributed by atoms with Crippen molar-refractivity contribution in [2.24, 2.45) is 0 Å². The van der Waals surface area contributed by atoms with E-state index in [1.165, 1.54) is 6.26 Å². The summed E-state index contributed by atoms with van der Waals surface area (Å²) in [6.07, 6.45) is 2.82. The van der Waals surface area contributed by atoms with E-state index in [2.05, 4.69) is 10.1 Å². The van der Waals surface area contributed by atoms with Crippen molar-refractivity contribution in [1.82, 2.24) is 14.8 Å². The molecule has 0 saturated carbocycles. The number of hydrogen-bond donors (Lipinski definition) is 0.